The van der Waals surface area contributed by atoms with Crippen LogP contribution in [0, 0.1) is 0 Å². The molecule has 0 aromatic heterocycles. The fourth-order valence-corrected chi connectivity index (χ4v) is 1.91. The zero-order chi connectivity index (χ0) is 13.1. The quantitative estimate of drug-likeness (QED) is 0.745. The van der Waals surface area contributed by atoms with Crippen LogP contribution >= 0.6 is 0 Å². The number of carboxylic acids is 1. The Kier molecular flexibility index (Phi) is 3.36. The number of carbonyl (C=O) groups excluding carboxylic acids is 1. The lowest BCUT2D eigenvalue weighted by atomic mass is 10.2. The second-order valence-electron chi connectivity index (χ2n) is 4.16. The highest BCUT2D eigenvalue weighted by Gasteiger charge is 2.18. The van der Waals surface area contributed by atoms with Crippen molar-refractivity contribution >= 4 is 17.7 Å². The number of hydrogen-bond donors (Lipinski definition) is 3. The Morgan fingerprint density at radius 1 is 1.22 bits per heavy atom. The summed E-state index contributed by atoms with van der Waals surface area (Å²) in [5, 5.41) is 20.9. The number of anilines is 1. The number of rotatable bonds is 2. The molecule has 0 atom stereocenters. The first-order valence-electron chi connectivity index (χ1n) is 5.70. The van der Waals surface area contributed by atoms with Crippen LogP contribution in [0.2, 0.25) is 0 Å². The lowest BCUT2D eigenvalue weighted by Crippen LogP contribution is -2.32. The fourth-order valence-electron chi connectivity index (χ4n) is 1.91. The molecule has 6 nitrogen and oxygen atoms in total. The number of hydrogen-bond acceptors (Lipinski definition) is 3. The first kappa shape index (κ1) is 12.2. The van der Waals surface area contributed by atoms with Crippen LogP contribution in [0.5, 0.6) is 5.75 Å². The van der Waals surface area contributed by atoms with E-state index < -0.39 is 5.97 Å². The minimum absolute atomic E-state index is 0.186. The number of urea groups is 1. The van der Waals surface area contributed by atoms with E-state index in [2.05, 4.69) is 5.32 Å². The number of benzene rings is 1. The van der Waals surface area contributed by atoms with Gasteiger partial charge in [-0.05, 0) is 25.0 Å². The molecule has 1 heterocycles. The van der Waals surface area contributed by atoms with Crippen molar-refractivity contribution in [2.45, 2.75) is 12.8 Å². The fraction of sp³-hybridized carbons (Fsp3) is 0.333. The smallest absolute Gasteiger partial charge is 0.339 e. The lowest BCUT2D eigenvalue weighted by Gasteiger charge is -2.16. The maximum Gasteiger partial charge on any atom is 0.339 e. The van der Waals surface area contributed by atoms with Gasteiger partial charge in [0, 0.05) is 24.8 Å². The average molecular weight is 250 g/mol. The van der Waals surface area contributed by atoms with Gasteiger partial charge in [-0.3, -0.25) is 0 Å². The number of likely N-dealkylation sites (tertiary alicyclic amines) is 1. The molecule has 2 rings (SSSR count). The van der Waals surface area contributed by atoms with E-state index in [1.54, 1.807) is 4.90 Å². The maximum absolute atomic E-state index is 11.8. The monoisotopic (exact) mass is 250 g/mol. The van der Waals surface area contributed by atoms with Crippen LogP contribution in [0.15, 0.2) is 18.2 Å². The van der Waals surface area contributed by atoms with Crippen LogP contribution in [0.1, 0.15) is 23.2 Å². The summed E-state index contributed by atoms with van der Waals surface area (Å²) in [5.41, 5.74) is 0.198. The SMILES string of the molecule is O=C(O)c1ccc(NC(=O)N2CCCC2)cc1O. The first-order chi connectivity index (χ1) is 8.58. The van der Waals surface area contributed by atoms with Crippen molar-refractivity contribution in [3.8, 4) is 5.75 Å². The topological polar surface area (TPSA) is 89.9 Å². The van der Waals surface area contributed by atoms with Crippen molar-refractivity contribution in [1.82, 2.24) is 4.90 Å². The second-order valence-corrected chi connectivity index (χ2v) is 4.16. The molecule has 96 valence electrons. The predicted molar refractivity (Wildman–Crippen MR) is 64.9 cm³/mol. The molecule has 0 aliphatic carbocycles. The molecule has 0 radical (unpaired) electrons. The highest BCUT2D eigenvalue weighted by Crippen LogP contribution is 2.22. The molecule has 6 heteroatoms. The average Bonchev–Trinajstić information content (AvgIpc) is 2.81. The molecule has 1 fully saturated rings. The van der Waals surface area contributed by atoms with Crippen LogP contribution in [0.4, 0.5) is 10.5 Å². The minimum Gasteiger partial charge on any atom is -0.507 e. The van der Waals surface area contributed by atoms with Gasteiger partial charge in [0.15, 0.2) is 0 Å². The molecule has 1 aliphatic rings. The number of nitrogens with one attached hydrogen (secondary N) is 1. The molecule has 1 aromatic rings. The van der Waals surface area contributed by atoms with E-state index in [1.807, 2.05) is 0 Å². The van der Waals surface area contributed by atoms with E-state index in [0.29, 0.717) is 5.69 Å². The molecular weight excluding hydrogens is 236 g/mol. The number of amides is 2. The highest BCUT2D eigenvalue weighted by molar-refractivity contribution is 5.94. The van der Waals surface area contributed by atoms with E-state index in [9.17, 15) is 14.7 Å². The summed E-state index contributed by atoms with van der Waals surface area (Å²) >= 11 is 0. The molecule has 1 aromatic carbocycles. The van der Waals surface area contributed by atoms with Crippen LogP contribution in [0.3, 0.4) is 0 Å². The summed E-state index contributed by atoms with van der Waals surface area (Å²) in [6, 6.07) is 3.72. The maximum atomic E-state index is 11.8. The van der Waals surface area contributed by atoms with Gasteiger partial charge < -0.3 is 20.4 Å². The third-order valence-electron chi connectivity index (χ3n) is 2.87. The summed E-state index contributed by atoms with van der Waals surface area (Å²) in [6.07, 6.45) is 1.99. The highest BCUT2D eigenvalue weighted by atomic mass is 16.4. The first-order valence-corrected chi connectivity index (χ1v) is 5.70. The van der Waals surface area contributed by atoms with Crippen molar-refractivity contribution in [3.05, 3.63) is 23.8 Å². The van der Waals surface area contributed by atoms with E-state index in [0.717, 1.165) is 25.9 Å². The molecule has 0 saturated carbocycles. The van der Waals surface area contributed by atoms with Crippen LogP contribution < -0.4 is 5.32 Å². The molecule has 0 spiro atoms. The summed E-state index contributed by atoms with van der Waals surface area (Å²) in [5.74, 6) is -1.56. The van der Waals surface area contributed by atoms with E-state index in [1.165, 1.54) is 18.2 Å². The Labute approximate surface area is 104 Å². The number of nitrogens with zero attached hydrogens (tertiary/aromatic N) is 1. The van der Waals surface area contributed by atoms with E-state index in [-0.39, 0.29) is 17.3 Å². The number of phenols is 1. The second kappa shape index (κ2) is 4.95. The third-order valence-corrected chi connectivity index (χ3v) is 2.87. The van der Waals surface area contributed by atoms with Gasteiger partial charge in [0.25, 0.3) is 0 Å². The standard InChI is InChI=1S/C12H14N2O4/c15-10-7-8(3-4-9(10)11(16)17)13-12(18)14-5-1-2-6-14/h3-4,7,15H,1-2,5-6H2,(H,13,18)(H,16,17). The molecule has 3 N–H and O–H groups in total. The zero-order valence-electron chi connectivity index (χ0n) is 9.72. The van der Waals surface area contributed by atoms with Gasteiger partial charge >= 0.3 is 12.0 Å². The molecule has 2 amide bonds. The van der Waals surface area contributed by atoms with Crippen molar-refractivity contribution in [1.29, 1.82) is 0 Å². The van der Waals surface area contributed by atoms with Gasteiger partial charge in [-0.15, -0.1) is 0 Å². The molecule has 0 bridgehead atoms. The Bertz CT molecular complexity index is 481. The minimum atomic E-state index is -1.20. The van der Waals surface area contributed by atoms with Crippen molar-refractivity contribution in [2.75, 3.05) is 18.4 Å². The Hall–Kier alpha value is -2.24. The van der Waals surface area contributed by atoms with Gasteiger partial charge in [0.1, 0.15) is 11.3 Å². The van der Waals surface area contributed by atoms with Crippen molar-refractivity contribution < 1.29 is 19.8 Å². The summed E-state index contributed by atoms with van der Waals surface area (Å²) < 4.78 is 0. The summed E-state index contributed by atoms with van der Waals surface area (Å²) in [4.78, 5) is 24.2. The molecule has 18 heavy (non-hydrogen) atoms. The molecule has 0 unspecified atom stereocenters. The van der Waals surface area contributed by atoms with Crippen molar-refractivity contribution in [3.63, 3.8) is 0 Å². The normalized spacial score (nSPS) is 14.6. The van der Waals surface area contributed by atoms with Crippen LogP contribution in [0.25, 0.3) is 0 Å². The van der Waals surface area contributed by atoms with Crippen molar-refractivity contribution in [2.24, 2.45) is 0 Å². The van der Waals surface area contributed by atoms with E-state index >= 15 is 0 Å². The zero-order valence-corrected chi connectivity index (χ0v) is 9.72. The van der Waals surface area contributed by atoms with Gasteiger partial charge in [0.05, 0.1) is 0 Å². The summed E-state index contributed by atoms with van der Waals surface area (Å²) in [7, 11) is 0. The lowest BCUT2D eigenvalue weighted by molar-refractivity contribution is 0.0694. The number of aromatic hydroxyl groups is 1. The molecule has 1 saturated heterocycles. The largest absolute Gasteiger partial charge is 0.507 e. The predicted octanol–water partition coefficient (Wildman–Crippen LogP) is 1.72. The number of carbonyl (C=O) groups is 2. The Morgan fingerprint density at radius 2 is 1.89 bits per heavy atom. The van der Waals surface area contributed by atoms with Crippen LogP contribution in [-0.2, 0) is 0 Å². The van der Waals surface area contributed by atoms with Gasteiger partial charge in [0.2, 0.25) is 0 Å². The van der Waals surface area contributed by atoms with Gasteiger partial charge in [-0.1, -0.05) is 0 Å². The molecular formula is C12H14N2O4. The van der Waals surface area contributed by atoms with Gasteiger partial charge in [-0.2, -0.15) is 0 Å². The third kappa shape index (κ3) is 2.53. The van der Waals surface area contributed by atoms with Crippen LogP contribution in [-0.4, -0.2) is 40.2 Å². The summed E-state index contributed by atoms with van der Waals surface area (Å²) in [6.45, 7) is 1.45. The van der Waals surface area contributed by atoms with Gasteiger partial charge in [-0.25, -0.2) is 9.59 Å². The Balaban J connectivity index is 2.07. The number of carboxylic acid groups (broad SMARTS) is 1. The number of aromatic carboxylic acids is 1. The Morgan fingerprint density at radius 3 is 2.44 bits per heavy atom. The van der Waals surface area contributed by atoms with E-state index in [4.69, 9.17) is 5.11 Å². The molecule has 1 aliphatic heterocycles.